The molecular formula is C21H24N2O3. The highest BCUT2D eigenvalue weighted by Crippen LogP contribution is 2.47. The third-order valence-electron chi connectivity index (χ3n) is 4.65. The Kier molecular flexibility index (Phi) is 4.72. The van der Waals surface area contributed by atoms with Crippen molar-refractivity contribution in [2.24, 2.45) is 0 Å². The topological polar surface area (TPSA) is 69.6 Å². The number of amides is 2. The highest BCUT2D eigenvalue weighted by molar-refractivity contribution is 6.04. The van der Waals surface area contributed by atoms with Crippen molar-refractivity contribution >= 4 is 17.7 Å². The minimum Gasteiger partial charge on any atom is -0.465 e. The second kappa shape index (κ2) is 6.83. The summed E-state index contributed by atoms with van der Waals surface area (Å²) in [5.74, 6) is 0.0663. The average molecular weight is 352 g/mol. The summed E-state index contributed by atoms with van der Waals surface area (Å²) in [6.45, 7) is 5.75. The number of hydrogen-bond acceptors (Lipinski definition) is 2. The van der Waals surface area contributed by atoms with E-state index < -0.39 is 11.6 Å². The summed E-state index contributed by atoms with van der Waals surface area (Å²) < 4.78 is 0. The van der Waals surface area contributed by atoms with Crippen molar-refractivity contribution in [3.63, 3.8) is 0 Å². The molecule has 0 aromatic heterocycles. The molecule has 136 valence electrons. The van der Waals surface area contributed by atoms with Crippen LogP contribution in [0.25, 0.3) is 0 Å². The van der Waals surface area contributed by atoms with E-state index >= 15 is 0 Å². The van der Waals surface area contributed by atoms with Crippen molar-refractivity contribution in [1.82, 2.24) is 4.90 Å². The Labute approximate surface area is 153 Å². The number of anilines is 1. The Morgan fingerprint density at radius 3 is 2.19 bits per heavy atom. The van der Waals surface area contributed by atoms with Crippen LogP contribution in [-0.2, 0) is 0 Å². The predicted octanol–water partition coefficient (Wildman–Crippen LogP) is 4.57. The number of carbonyl (C=O) groups excluding carboxylic acids is 1. The number of nitrogens with one attached hydrogen (secondary N) is 1. The van der Waals surface area contributed by atoms with Crippen LogP contribution in [0.1, 0.15) is 49.0 Å². The molecule has 0 radical (unpaired) electrons. The normalized spacial score (nSPS) is 18.9. The lowest BCUT2D eigenvalue weighted by Crippen LogP contribution is -2.46. The van der Waals surface area contributed by atoms with Crippen LogP contribution < -0.4 is 5.32 Å². The molecule has 0 aliphatic heterocycles. The fourth-order valence-electron chi connectivity index (χ4n) is 3.36. The lowest BCUT2D eigenvalue weighted by molar-refractivity contribution is 0.0939. The Morgan fingerprint density at radius 2 is 1.65 bits per heavy atom. The van der Waals surface area contributed by atoms with Gasteiger partial charge in [-0.05, 0) is 57.0 Å². The molecule has 2 N–H and O–H groups in total. The summed E-state index contributed by atoms with van der Waals surface area (Å²) >= 11 is 0. The lowest BCUT2D eigenvalue weighted by atomic mass is 10.0. The van der Waals surface area contributed by atoms with Gasteiger partial charge in [0.25, 0.3) is 5.91 Å². The highest BCUT2D eigenvalue weighted by Gasteiger charge is 2.48. The Balaban J connectivity index is 1.66. The molecule has 2 aromatic carbocycles. The standard InChI is InChI=1S/C21H24N2O3/c1-21(2,3)23(20(25)26)18-13-17(18)14-9-11-16(12-10-14)22-19(24)15-7-5-4-6-8-15/h4-12,17-18H,13H2,1-3H3,(H,22,24)(H,25,26). The van der Waals surface area contributed by atoms with Crippen LogP contribution in [0.15, 0.2) is 54.6 Å². The molecule has 0 saturated heterocycles. The summed E-state index contributed by atoms with van der Waals surface area (Å²) in [5, 5.41) is 12.4. The van der Waals surface area contributed by atoms with E-state index in [1.807, 2.05) is 63.2 Å². The molecule has 1 fully saturated rings. The fourth-order valence-corrected chi connectivity index (χ4v) is 3.36. The number of benzene rings is 2. The molecule has 1 saturated carbocycles. The van der Waals surface area contributed by atoms with Crippen LogP contribution in [0, 0.1) is 0 Å². The van der Waals surface area contributed by atoms with Crippen molar-refractivity contribution in [3.8, 4) is 0 Å². The van der Waals surface area contributed by atoms with E-state index in [1.54, 1.807) is 17.0 Å². The summed E-state index contributed by atoms with van der Waals surface area (Å²) in [4.78, 5) is 25.3. The summed E-state index contributed by atoms with van der Waals surface area (Å²) in [7, 11) is 0. The summed E-state index contributed by atoms with van der Waals surface area (Å²) in [5.41, 5.74) is 2.02. The van der Waals surface area contributed by atoms with Gasteiger partial charge >= 0.3 is 6.09 Å². The third-order valence-corrected chi connectivity index (χ3v) is 4.65. The molecule has 26 heavy (non-hydrogen) atoms. The van der Waals surface area contributed by atoms with Crippen molar-refractivity contribution in [1.29, 1.82) is 0 Å². The minimum absolute atomic E-state index is 0.0114. The van der Waals surface area contributed by atoms with E-state index in [2.05, 4.69) is 5.32 Å². The van der Waals surface area contributed by atoms with Gasteiger partial charge in [-0.15, -0.1) is 0 Å². The molecule has 0 heterocycles. The molecule has 2 aromatic rings. The van der Waals surface area contributed by atoms with Crippen LogP contribution in [0.3, 0.4) is 0 Å². The van der Waals surface area contributed by atoms with Crippen molar-refractivity contribution in [3.05, 3.63) is 65.7 Å². The molecule has 2 amide bonds. The van der Waals surface area contributed by atoms with E-state index in [0.29, 0.717) is 5.56 Å². The SMILES string of the molecule is CC(C)(C)N(C(=O)O)C1CC1c1ccc(NC(=O)c2ccccc2)cc1. The largest absolute Gasteiger partial charge is 0.465 e. The average Bonchev–Trinajstić information content (AvgIpc) is 3.34. The third kappa shape index (κ3) is 3.87. The first-order valence-electron chi connectivity index (χ1n) is 8.76. The maximum atomic E-state index is 12.2. The molecule has 2 unspecified atom stereocenters. The second-order valence-electron chi connectivity index (χ2n) is 7.68. The van der Waals surface area contributed by atoms with E-state index in [1.165, 1.54) is 0 Å². The molecule has 5 heteroatoms. The Bertz CT molecular complexity index is 794. The molecule has 1 aliphatic carbocycles. The van der Waals surface area contributed by atoms with Gasteiger partial charge in [0.15, 0.2) is 0 Å². The quantitative estimate of drug-likeness (QED) is 0.846. The smallest absolute Gasteiger partial charge is 0.408 e. The number of carboxylic acid groups (broad SMARTS) is 1. The zero-order valence-corrected chi connectivity index (χ0v) is 15.3. The van der Waals surface area contributed by atoms with Crippen LogP contribution >= 0.6 is 0 Å². The predicted molar refractivity (Wildman–Crippen MR) is 102 cm³/mol. The molecule has 0 spiro atoms. The monoisotopic (exact) mass is 352 g/mol. The van der Waals surface area contributed by atoms with Gasteiger partial charge in [-0.3, -0.25) is 9.69 Å². The van der Waals surface area contributed by atoms with Gasteiger partial charge in [-0.2, -0.15) is 0 Å². The molecule has 1 aliphatic rings. The molecule has 0 bridgehead atoms. The summed E-state index contributed by atoms with van der Waals surface area (Å²) in [6, 6.07) is 16.7. The van der Waals surface area contributed by atoms with E-state index in [4.69, 9.17) is 0 Å². The Hall–Kier alpha value is -2.82. The van der Waals surface area contributed by atoms with Crippen molar-refractivity contribution < 1.29 is 14.7 Å². The lowest BCUT2D eigenvalue weighted by Gasteiger charge is -2.33. The maximum Gasteiger partial charge on any atom is 0.408 e. The first-order valence-corrected chi connectivity index (χ1v) is 8.76. The summed E-state index contributed by atoms with van der Waals surface area (Å²) in [6.07, 6.45) is -0.0454. The fraction of sp³-hybridized carbons (Fsp3) is 0.333. The molecular weight excluding hydrogens is 328 g/mol. The maximum absolute atomic E-state index is 12.2. The van der Waals surface area contributed by atoms with Gasteiger partial charge in [0.1, 0.15) is 0 Å². The zero-order valence-electron chi connectivity index (χ0n) is 15.3. The van der Waals surface area contributed by atoms with E-state index in [0.717, 1.165) is 17.7 Å². The second-order valence-corrected chi connectivity index (χ2v) is 7.68. The van der Waals surface area contributed by atoms with Crippen LogP contribution in [0.2, 0.25) is 0 Å². The number of nitrogens with zero attached hydrogens (tertiary/aromatic N) is 1. The van der Waals surface area contributed by atoms with Crippen LogP contribution in [-0.4, -0.2) is 33.6 Å². The van der Waals surface area contributed by atoms with E-state index in [9.17, 15) is 14.7 Å². The van der Waals surface area contributed by atoms with Crippen molar-refractivity contribution in [2.75, 3.05) is 5.32 Å². The van der Waals surface area contributed by atoms with Gasteiger partial charge in [-0.25, -0.2) is 4.79 Å². The van der Waals surface area contributed by atoms with Gasteiger partial charge in [0.2, 0.25) is 0 Å². The Morgan fingerprint density at radius 1 is 1.04 bits per heavy atom. The van der Waals surface area contributed by atoms with Crippen molar-refractivity contribution in [2.45, 2.75) is 44.7 Å². The van der Waals surface area contributed by atoms with Gasteiger partial charge in [0, 0.05) is 28.7 Å². The number of rotatable bonds is 4. The molecule has 3 rings (SSSR count). The van der Waals surface area contributed by atoms with Gasteiger partial charge in [0.05, 0.1) is 0 Å². The van der Waals surface area contributed by atoms with E-state index in [-0.39, 0.29) is 17.9 Å². The first kappa shape index (κ1) is 18.0. The zero-order chi connectivity index (χ0) is 18.9. The van der Waals surface area contributed by atoms with Crippen LogP contribution in [0.5, 0.6) is 0 Å². The number of hydrogen-bond donors (Lipinski definition) is 2. The molecule has 2 atom stereocenters. The highest BCUT2D eigenvalue weighted by atomic mass is 16.4. The van der Waals surface area contributed by atoms with Gasteiger partial charge < -0.3 is 10.4 Å². The van der Waals surface area contributed by atoms with Crippen LogP contribution in [0.4, 0.5) is 10.5 Å². The minimum atomic E-state index is -0.878. The molecule has 5 nitrogen and oxygen atoms in total. The number of carbonyl (C=O) groups is 2. The van der Waals surface area contributed by atoms with Gasteiger partial charge in [-0.1, -0.05) is 30.3 Å². The first-order chi connectivity index (χ1) is 12.3.